The average molecular weight is 883 g/mol. The molecule has 0 aromatic carbocycles. The Morgan fingerprint density at radius 3 is 0.952 bits per heavy atom. The predicted molar refractivity (Wildman–Crippen MR) is 270 cm³/mol. The summed E-state index contributed by atoms with van der Waals surface area (Å²) in [5.41, 5.74) is 0. The summed E-state index contributed by atoms with van der Waals surface area (Å²) >= 11 is 0. The monoisotopic (exact) mass is 883 g/mol. The van der Waals surface area contributed by atoms with Crippen molar-refractivity contribution < 1.29 is 28.6 Å². The first-order valence-electron chi connectivity index (χ1n) is 27.1. The van der Waals surface area contributed by atoms with E-state index in [4.69, 9.17) is 14.2 Å². The van der Waals surface area contributed by atoms with Crippen LogP contribution in [-0.4, -0.2) is 37.2 Å². The zero-order valence-electron chi connectivity index (χ0n) is 41.8. The topological polar surface area (TPSA) is 78.9 Å². The molecule has 0 rings (SSSR count). The highest BCUT2D eigenvalue weighted by Gasteiger charge is 2.19. The lowest BCUT2D eigenvalue weighted by Crippen LogP contribution is -2.30. The van der Waals surface area contributed by atoms with Gasteiger partial charge in [-0.3, -0.25) is 14.4 Å². The van der Waals surface area contributed by atoms with E-state index >= 15 is 0 Å². The normalized spacial score (nSPS) is 12.4. The smallest absolute Gasteiger partial charge is 0.306 e. The average Bonchev–Trinajstić information content (AvgIpc) is 3.28. The molecule has 0 aliphatic heterocycles. The third kappa shape index (κ3) is 50.2. The van der Waals surface area contributed by atoms with Crippen molar-refractivity contribution in [1.82, 2.24) is 0 Å². The van der Waals surface area contributed by atoms with Crippen molar-refractivity contribution >= 4 is 17.9 Å². The Morgan fingerprint density at radius 1 is 0.317 bits per heavy atom. The highest BCUT2D eigenvalue weighted by atomic mass is 16.6. The first-order valence-corrected chi connectivity index (χ1v) is 27.1. The second-order valence-corrected chi connectivity index (χ2v) is 18.2. The predicted octanol–water partition coefficient (Wildman–Crippen LogP) is 17.9. The van der Waals surface area contributed by atoms with E-state index in [9.17, 15) is 14.4 Å². The van der Waals surface area contributed by atoms with Crippen LogP contribution < -0.4 is 0 Å². The lowest BCUT2D eigenvalue weighted by Gasteiger charge is -2.18. The zero-order chi connectivity index (χ0) is 45.8. The Labute approximate surface area is 390 Å². The van der Waals surface area contributed by atoms with Gasteiger partial charge in [0.1, 0.15) is 13.2 Å². The minimum Gasteiger partial charge on any atom is -0.462 e. The van der Waals surface area contributed by atoms with Crippen LogP contribution in [0.4, 0.5) is 0 Å². The van der Waals surface area contributed by atoms with E-state index in [1.54, 1.807) is 0 Å². The van der Waals surface area contributed by atoms with Crippen LogP contribution in [0.25, 0.3) is 0 Å². The van der Waals surface area contributed by atoms with E-state index < -0.39 is 6.10 Å². The van der Waals surface area contributed by atoms with Gasteiger partial charge in [0, 0.05) is 19.3 Å². The van der Waals surface area contributed by atoms with Crippen LogP contribution in [0.15, 0.2) is 48.6 Å². The Morgan fingerprint density at radius 2 is 0.587 bits per heavy atom. The Balaban J connectivity index is 4.38. The highest BCUT2D eigenvalue weighted by Crippen LogP contribution is 2.16. The second kappa shape index (κ2) is 52.0. The molecule has 63 heavy (non-hydrogen) atoms. The number of esters is 3. The van der Waals surface area contributed by atoms with E-state index in [1.165, 1.54) is 167 Å². The molecule has 0 heterocycles. The molecule has 366 valence electrons. The molecular weight excluding hydrogens is 781 g/mol. The fourth-order valence-corrected chi connectivity index (χ4v) is 7.73. The van der Waals surface area contributed by atoms with E-state index in [0.29, 0.717) is 19.3 Å². The molecule has 0 aromatic heterocycles. The summed E-state index contributed by atoms with van der Waals surface area (Å²) < 4.78 is 16.8. The molecule has 0 fully saturated rings. The molecule has 0 aliphatic rings. The molecular formula is C57H102O6. The first-order chi connectivity index (χ1) is 31.0. The molecule has 0 N–H and O–H groups in total. The minimum absolute atomic E-state index is 0.0860. The van der Waals surface area contributed by atoms with Gasteiger partial charge in [0.05, 0.1) is 0 Å². The van der Waals surface area contributed by atoms with E-state index in [0.717, 1.165) is 64.2 Å². The summed E-state index contributed by atoms with van der Waals surface area (Å²) in [6.07, 6.45) is 62.4. The maximum Gasteiger partial charge on any atom is 0.306 e. The van der Waals surface area contributed by atoms with E-state index in [-0.39, 0.29) is 37.5 Å². The van der Waals surface area contributed by atoms with Gasteiger partial charge in [0.25, 0.3) is 0 Å². The quantitative estimate of drug-likeness (QED) is 0.0262. The van der Waals surface area contributed by atoms with Crippen molar-refractivity contribution in [3.05, 3.63) is 48.6 Å². The van der Waals surface area contributed by atoms with Crippen LogP contribution >= 0.6 is 0 Å². The van der Waals surface area contributed by atoms with Crippen LogP contribution in [0.5, 0.6) is 0 Å². The largest absolute Gasteiger partial charge is 0.462 e. The molecule has 1 atom stereocenters. The minimum atomic E-state index is -0.790. The standard InChI is InChI=1S/C57H102O6/c1-4-7-10-13-16-19-22-24-26-28-30-32-35-37-40-43-46-49-55(58)61-52-54(63-57(60)51-48-45-42-39-34-21-18-15-12-9-6-3)53-62-56(59)50-47-44-41-38-36-33-31-29-27-25-23-20-17-14-11-8-5-2/h16,19,24,26,30,32,37,40,54H,4-15,17-18,20-23,25,27-29,31,33-36,38-39,41-53H2,1-3H3/b19-16-,26-24-,32-30-,40-37-/t54-/m1/s1. The molecule has 0 radical (unpaired) electrons. The van der Waals surface area contributed by atoms with Crippen LogP contribution in [-0.2, 0) is 28.6 Å². The lowest BCUT2D eigenvalue weighted by atomic mass is 10.0. The van der Waals surface area contributed by atoms with Crippen molar-refractivity contribution in [2.45, 2.75) is 284 Å². The first kappa shape index (κ1) is 60.4. The van der Waals surface area contributed by atoms with Gasteiger partial charge in [0.15, 0.2) is 6.10 Å². The number of hydrogen-bond donors (Lipinski definition) is 0. The van der Waals surface area contributed by atoms with Crippen molar-refractivity contribution in [2.75, 3.05) is 13.2 Å². The summed E-state index contributed by atoms with van der Waals surface area (Å²) in [5.74, 6) is -0.934. The molecule has 0 aromatic rings. The molecule has 0 spiro atoms. The molecule has 0 aliphatic carbocycles. The molecule has 0 bridgehead atoms. The highest BCUT2D eigenvalue weighted by molar-refractivity contribution is 5.71. The zero-order valence-corrected chi connectivity index (χ0v) is 41.8. The summed E-state index contributed by atoms with van der Waals surface area (Å²) in [5, 5.41) is 0. The number of unbranched alkanes of at least 4 members (excludes halogenated alkanes) is 30. The summed E-state index contributed by atoms with van der Waals surface area (Å²) in [7, 11) is 0. The number of allylic oxidation sites excluding steroid dienone is 8. The Kier molecular flexibility index (Phi) is 49.8. The van der Waals surface area contributed by atoms with Gasteiger partial charge in [-0.25, -0.2) is 0 Å². The molecule has 0 unspecified atom stereocenters. The fraction of sp³-hybridized carbons (Fsp3) is 0.807. The van der Waals surface area contributed by atoms with Crippen LogP contribution in [0.3, 0.4) is 0 Å². The molecule has 6 heteroatoms. The molecule has 6 nitrogen and oxygen atoms in total. The molecule has 0 saturated heterocycles. The summed E-state index contributed by atoms with van der Waals surface area (Å²) in [6, 6.07) is 0. The number of hydrogen-bond acceptors (Lipinski definition) is 6. The Hall–Kier alpha value is -2.63. The molecule has 0 amide bonds. The van der Waals surface area contributed by atoms with Gasteiger partial charge in [-0.15, -0.1) is 0 Å². The number of carbonyl (C=O) groups is 3. The third-order valence-electron chi connectivity index (χ3n) is 11.8. The number of carbonyl (C=O) groups excluding carboxylic acids is 3. The number of ether oxygens (including phenoxy) is 3. The van der Waals surface area contributed by atoms with Crippen LogP contribution in [0.1, 0.15) is 278 Å². The third-order valence-corrected chi connectivity index (χ3v) is 11.8. The number of rotatable bonds is 49. The second-order valence-electron chi connectivity index (χ2n) is 18.2. The van der Waals surface area contributed by atoms with Crippen molar-refractivity contribution in [3.63, 3.8) is 0 Å². The van der Waals surface area contributed by atoms with Crippen molar-refractivity contribution in [1.29, 1.82) is 0 Å². The van der Waals surface area contributed by atoms with E-state index in [2.05, 4.69) is 69.4 Å². The van der Waals surface area contributed by atoms with Crippen LogP contribution in [0.2, 0.25) is 0 Å². The van der Waals surface area contributed by atoms with Gasteiger partial charge in [-0.2, -0.15) is 0 Å². The van der Waals surface area contributed by atoms with Crippen LogP contribution in [0, 0.1) is 0 Å². The maximum atomic E-state index is 12.8. The SMILES string of the molecule is CCCCC/C=C\C/C=C\C/C=C\C/C=C\CCCC(=O)OC[C@H](COC(=O)CCCCCCCCCCCCCCCCCCC)OC(=O)CCCCCCCCCCCCC. The molecule has 0 saturated carbocycles. The van der Waals surface area contributed by atoms with E-state index in [1.807, 2.05) is 0 Å². The Bertz CT molecular complexity index is 1110. The summed E-state index contributed by atoms with van der Waals surface area (Å²) in [4.78, 5) is 38.0. The van der Waals surface area contributed by atoms with Gasteiger partial charge >= 0.3 is 17.9 Å². The van der Waals surface area contributed by atoms with Crippen molar-refractivity contribution in [2.24, 2.45) is 0 Å². The lowest BCUT2D eigenvalue weighted by molar-refractivity contribution is -0.167. The van der Waals surface area contributed by atoms with Gasteiger partial charge < -0.3 is 14.2 Å². The van der Waals surface area contributed by atoms with Crippen molar-refractivity contribution in [3.8, 4) is 0 Å². The summed E-state index contributed by atoms with van der Waals surface area (Å²) in [6.45, 7) is 6.58. The fourth-order valence-electron chi connectivity index (χ4n) is 7.73. The van der Waals surface area contributed by atoms with Gasteiger partial charge in [-0.05, 0) is 57.8 Å². The van der Waals surface area contributed by atoms with Gasteiger partial charge in [-0.1, -0.05) is 249 Å². The van der Waals surface area contributed by atoms with Gasteiger partial charge in [0.2, 0.25) is 0 Å². The maximum absolute atomic E-state index is 12.8.